The third-order valence-corrected chi connectivity index (χ3v) is 4.79. The van der Waals surface area contributed by atoms with Crippen LogP contribution in [0.25, 0.3) is 6.08 Å². The summed E-state index contributed by atoms with van der Waals surface area (Å²) in [6.07, 6.45) is 2.87. The number of piperazine rings is 1. The minimum absolute atomic E-state index is 0.201. The summed E-state index contributed by atoms with van der Waals surface area (Å²) in [4.78, 5) is 39.8. The van der Waals surface area contributed by atoms with Crippen LogP contribution in [-0.2, 0) is 14.3 Å². The second-order valence-electron chi connectivity index (χ2n) is 6.88. The number of para-hydroxylation sites is 1. The second-order valence-corrected chi connectivity index (χ2v) is 6.88. The Labute approximate surface area is 181 Å². The number of ether oxygens (including phenoxy) is 2. The first-order valence-electron chi connectivity index (χ1n) is 9.93. The van der Waals surface area contributed by atoms with Gasteiger partial charge in [0, 0.05) is 37.9 Å². The molecule has 0 bridgehead atoms. The van der Waals surface area contributed by atoms with Crippen LogP contribution in [0.15, 0.2) is 60.7 Å². The molecule has 1 heterocycles. The van der Waals surface area contributed by atoms with Gasteiger partial charge in [-0.2, -0.15) is 0 Å². The number of hydrogen-bond donors (Lipinski definition) is 1. The topological polar surface area (TPSA) is 88.2 Å². The number of amides is 3. The number of nitrogens with one attached hydrogen (secondary N) is 1. The van der Waals surface area contributed by atoms with Crippen LogP contribution < -0.4 is 10.1 Å². The van der Waals surface area contributed by atoms with Crippen LogP contribution >= 0.6 is 0 Å². The summed E-state index contributed by atoms with van der Waals surface area (Å²) < 4.78 is 10.2. The van der Waals surface area contributed by atoms with Crippen molar-refractivity contribution >= 4 is 29.7 Å². The first-order valence-corrected chi connectivity index (χ1v) is 9.93. The molecule has 0 unspecified atom stereocenters. The Bertz CT molecular complexity index is 937. The summed E-state index contributed by atoms with van der Waals surface area (Å²) in [5.74, 6) is -0.203. The van der Waals surface area contributed by atoms with Crippen LogP contribution in [0.1, 0.15) is 5.56 Å². The van der Waals surface area contributed by atoms with E-state index in [1.807, 2.05) is 42.5 Å². The lowest BCUT2D eigenvalue weighted by atomic mass is 10.2. The van der Waals surface area contributed by atoms with Crippen molar-refractivity contribution in [2.45, 2.75) is 0 Å². The maximum atomic E-state index is 12.3. The van der Waals surface area contributed by atoms with E-state index >= 15 is 0 Å². The Morgan fingerprint density at radius 1 is 0.968 bits per heavy atom. The van der Waals surface area contributed by atoms with Crippen molar-refractivity contribution in [2.75, 3.05) is 45.2 Å². The quantitative estimate of drug-likeness (QED) is 0.570. The van der Waals surface area contributed by atoms with Gasteiger partial charge < -0.3 is 24.6 Å². The molecular formula is C23H25N3O5. The van der Waals surface area contributed by atoms with Gasteiger partial charge in [-0.25, -0.2) is 9.59 Å². The molecule has 2 aromatic rings. The standard InChI is InChI=1S/C23H25N3O5/c1-30-20-9-5-6-18(16-20)10-11-22(28)31-17-21(27)25-12-14-26(15-13-25)23(29)24-19-7-3-2-4-8-19/h2-11,16H,12-15,17H2,1H3,(H,24,29)/b11-10+. The molecule has 1 aliphatic heterocycles. The number of carbonyl (C=O) groups excluding carboxylic acids is 3. The monoisotopic (exact) mass is 423 g/mol. The number of hydrogen-bond acceptors (Lipinski definition) is 5. The van der Waals surface area contributed by atoms with Crippen LogP contribution in [0, 0.1) is 0 Å². The molecule has 31 heavy (non-hydrogen) atoms. The molecule has 162 valence electrons. The van der Waals surface area contributed by atoms with E-state index in [0.717, 1.165) is 11.3 Å². The molecule has 8 heteroatoms. The molecule has 0 atom stereocenters. The smallest absolute Gasteiger partial charge is 0.331 e. The summed E-state index contributed by atoms with van der Waals surface area (Å²) in [5.41, 5.74) is 1.51. The molecule has 1 aliphatic rings. The summed E-state index contributed by atoms with van der Waals surface area (Å²) in [6.45, 7) is 1.26. The van der Waals surface area contributed by atoms with Crippen molar-refractivity contribution < 1.29 is 23.9 Å². The van der Waals surface area contributed by atoms with Crippen molar-refractivity contribution in [1.82, 2.24) is 9.80 Å². The largest absolute Gasteiger partial charge is 0.497 e. The van der Waals surface area contributed by atoms with Gasteiger partial charge in [0.15, 0.2) is 6.61 Å². The van der Waals surface area contributed by atoms with Crippen LogP contribution in [0.2, 0.25) is 0 Å². The van der Waals surface area contributed by atoms with E-state index in [1.54, 1.807) is 35.1 Å². The minimum atomic E-state index is -0.600. The van der Waals surface area contributed by atoms with Gasteiger partial charge in [0.05, 0.1) is 7.11 Å². The molecule has 1 fully saturated rings. The zero-order valence-corrected chi connectivity index (χ0v) is 17.3. The molecule has 0 aromatic heterocycles. The second kappa shape index (κ2) is 10.8. The first-order chi connectivity index (χ1) is 15.0. The highest BCUT2D eigenvalue weighted by atomic mass is 16.5. The minimum Gasteiger partial charge on any atom is -0.497 e. The van der Waals surface area contributed by atoms with Crippen molar-refractivity contribution in [3.8, 4) is 5.75 Å². The van der Waals surface area contributed by atoms with Crippen LogP contribution in [-0.4, -0.2) is 67.6 Å². The average Bonchev–Trinajstić information content (AvgIpc) is 2.82. The number of urea groups is 1. The number of methoxy groups -OCH3 is 1. The van der Waals surface area contributed by atoms with E-state index in [9.17, 15) is 14.4 Å². The fourth-order valence-electron chi connectivity index (χ4n) is 3.06. The zero-order chi connectivity index (χ0) is 22.1. The van der Waals surface area contributed by atoms with Crippen molar-refractivity contribution in [2.24, 2.45) is 0 Å². The van der Waals surface area contributed by atoms with E-state index in [-0.39, 0.29) is 18.5 Å². The molecule has 3 amide bonds. The lowest BCUT2D eigenvalue weighted by molar-refractivity contribution is -0.148. The molecule has 0 aliphatic carbocycles. The highest BCUT2D eigenvalue weighted by molar-refractivity contribution is 5.90. The van der Waals surface area contributed by atoms with Crippen molar-refractivity contribution in [3.05, 3.63) is 66.2 Å². The number of nitrogens with zero attached hydrogens (tertiary/aromatic N) is 2. The molecule has 1 N–H and O–H groups in total. The molecule has 0 spiro atoms. The number of rotatable bonds is 6. The average molecular weight is 423 g/mol. The SMILES string of the molecule is COc1cccc(/C=C/C(=O)OCC(=O)N2CCN(C(=O)Nc3ccccc3)CC2)c1. The van der Waals surface area contributed by atoms with Gasteiger partial charge in [0.2, 0.25) is 0 Å². The Kier molecular flexibility index (Phi) is 7.64. The summed E-state index contributed by atoms with van der Waals surface area (Å²) >= 11 is 0. The van der Waals surface area contributed by atoms with Crippen molar-refractivity contribution in [3.63, 3.8) is 0 Å². The number of benzene rings is 2. The van der Waals surface area contributed by atoms with Crippen molar-refractivity contribution in [1.29, 1.82) is 0 Å². The normalized spacial score (nSPS) is 13.7. The maximum absolute atomic E-state index is 12.3. The number of anilines is 1. The molecule has 1 saturated heterocycles. The van der Waals surface area contributed by atoms with Crippen LogP contribution in [0.4, 0.5) is 10.5 Å². The molecule has 2 aromatic carbocycles. The summed E-state index contributed by atoms with van der Waals surface area (Å²) in [5, 5.41) is 2.83. The van der Waals surface area contributed by atoms with E-state index in [0.29, 0.717) is 31.9 Å². The number of carbonyl (C=O) groups is 3. The summed E-state index contributed by atoms with van der Waals surface area (Å²) in [7, 11) is 1.57. The molecule has 3 rings (SSSR count). The molecule has 8 nitrogen and oxygen atoms in total. The third-order valence-electron chi connectivity index (χ3n) is 4.79. The Balaban J connectivity index is 1.40. The molecular weight excluding hydrogens is 398 g/mol. The highest BCUT2D eigenvalue weighted by Crippen LogP contribution is 2.14. The highest BCUT2D eigenvalue weighted by Gasteiger charge is 2.24. The van der Waals surface area contributed by atoms with Gasteiger partial charge in [-0.1, -0.05) is 30.3 Å². The fourth-order valence-corrected chi connectivity index (χ4v) is 3.06. The lowest BCUT2D eigenvalue weighted by Gasteiger charge is -2.34. The fraction of sp³-hybridized carbons (Fsp3) is 0.261. The van der Waals surface area contributed by atoms with Gasteiger partial charge in [-0.3, -0.25) is 4.79 Å². The van der Waals surface area contributed by atoms with E-state index < -0.39 is 5.97 Å². The van der Waals surface area contributed by atoms with Gasteiger partial charge in [-0.15, -0.1) is 0 Å². The molecule has 0 saturated carbocycles. The van der Waals surface area contributed by atoms with E-state index in [4.69, 9.17) is 9.47 Å². The predicted octanol–water partition coefficient (Wildman–Crippen LogP) is 2.63. The third kappa shape index (κ3) is 6.60. The predicted molar refractivity (Wildman–Crippen MR) is 117 cm³/mol. The first kappa shape index (κ1) is 21.9. The van der Waals surface area contributed by atoms with Crippen LogP contribution in [0.3, 0.4) is 0 Å². The van der Waals surface area contributed by atoms with Gasteiger partial charge in [0.25, 0.3) is 5.91 Å². The Morgan fingerprint density at radius 3 is 2.39 bits per heavy atom. The zero-order valence-electron chi connectivity index (χ0n) is 17.3. The van der Waals surface area contributed by atoms with E-state index in [2.05, 4.69) is 5.32 Å². The van der Waals surface area contributed by atoms with Gasteiger partial charge >= 0.3 is 12.0 Å². The maximum Gasteiger partial charge on any atom is 0.331 e. The molecule has 0 radical (unpaired) electrons. The van der Waals surface area contributed by atoms with Gasteiger partial charge in [0.1, 0.15) is 5.75 Å². The lowest BCUT2D eigenvalue weighted by Crippen LogP contribution is -2.52. The number of esters is 1. The van der Waals surface area contributed by atoms with E-state index in [1.165, 1.54) is 6.08 Å². The summed E-state index contributed by atoms with van der Waals surface area (Å²) in [6, 6.07) is 16.2. The van der Waals surface area contributed by atoms with Crippen LogP contribution in [0.5, 0.6) is 5.75 Å². The van der Waals surface area contributed by atoms with Gasteiger partial charge in [-0.05, 0) is 35.9 Å². The Hall–Kier alpha value is -3.81. The Morgan fingerprint density at radius 2 is 1.68 bits per heavy atom.